The predicted octanol–water partition coefficient (Wildman–Crippen LogP) is 1.86. The third-order valence-corrected chi connectivity index (χ3v) is 13.2. The number of methoxy groups -OCH3 is 1. The first kappa shape index (κ1) is 51.3. The van der Waals surface area contributed by atoms with Crippen LogP contribution in [0.1, 0.15) is 115 Å². The topological polar surface area (TPSA) is 252 Å². The van der Waals surface area contributed by atoms with Gasteiger partial charge in [0.2, 0.25) is 5.91 Å². The van der Waals surface area contributed by atoms with Crippen molar-refractivity contribution in [2.45, 2.75) is 199 Å². The second-order valence-electron chi connectivity index (χ2n) is 18.4. The van der Waals surface area contributed by atoms with Gasteiger partial charge in [-0.25, -0.2) is 0 Å². The van der Waals surface area contributed by atoms with Crippen molar-refractivity contribution in [3.63, 3.8) is 0 Å². The van der Waals surface area contributed by atoms with Crippen LogP contribution in [0.5, 0.6) is 0 Å². The SMILES string of the molecule is CC[C@H]1OC(=O)[C@H](C)[C@@H](OC2CC(C)(OC)C(O)C(C)O2)C(C)[C@@H](OC2OC(C)CC(C)C2O)[C@](C)(O)C[C@@H](C)[C@H](NCCNC(=O)CCC(=O)O)[C@H](C)[C@@H](O)[C@]1(C)O. The molecule has 0 aromatic carbocycles. The van der Waals surface area contributed by atoms with Crippen molar-refractivity contribution in [3.8, 4) is 0 Å². The highest BCUT2D eigenvalue weighted by molar-refractivity contribution is 5.80. The second kappa shape index (κ2) is 21.4. The molecule has 3 saturated heterocycles. The average Bonchev–Trinajstić information content (AvgIpc) is 3.15. The summed E-state index contributed by atoms with van der Waals surface area (Å²) in [5.74, 6) is -5.56. The first-order valence-corrected chi connectivity index (χ1v) is 21.4. The standard InChI is InChI=1S/C42H76N2O15/c1-13-28-42(11,53)35(49)24(5)32(44-17-16-43-29(45)14-15-30(46)47)22(3)19-40(9,52)37(59-39-33(48)21(2)18-23(4)55-39)25(6)34(26(7)38(51)57-28)58-31-20-41(10,54-12)36(50)27(8)56-31/h21-28,31-37,39,44,48-50,52-53H,13-20H2,1-12H3,(H,43,45)(H,46,47)/t21?,22-,23?,24+,25?,26-,27?,28-,31?,32+,33?,34+,35-,36?,37-,39?,40-,41?,42-/m1/s1. The molecule has 0 aromatic rings. The van der Waals surface area contributed by atoms with Gasteiger partial charge >= 0.3 is 11.9 Å². The number of nitrogens with one attached hydrogen (secondary N) is 2. The lowest BCUT2D eigenvalue weighted by Gasteiger charge is -2.49. The van der Waals surface area contributed by atoms with E-state index in [0.717, 1.165) is 0 Å². The zero-order valence-corrected chi connectivity index (χ0v) is 37.3. The number of cyclic esters (lactones) is 1. The van der Waals surface area contributed by atoms with Gasteiger partial charge in [-0.15, -0.1) is 0 Å². The summed E-state index contributed by atoms with van der Waals surface area (Å²) >= 11 is 0. The number of aliphatic hydroxyl groups is 5. The molecule has 0 bridgehead atoms. The Morgan fingerprint density at radius 2 is 1.51 bits per heavy atom. The van der Waals surface area contributed by atoms with Crippen molar-refractivity contribution in [3.05, 3.63) is 0 Å². The third-order valence-electron chi connectivity index (χ3n) is 13.2. The molecule has 3 aliphatic heterocycles. The van der Waals surface area contributed by atoms with Gasteiger partial charge in [0.25, 0.3) is 0 Å². The molecule has 17 heteroatoms. The summed E-state index contributed by atoms with van der Waals surface area (Å²) in [5.41, 5.74) is -4.75. The number of aliphatic carboxylic acids is 1. The molecule has 0 aromatic heterocycles. The minimum absolute atomic E-state index is 0.0332. The maximum Gasteiger partial charge on any atom is 0.311 e. The van der Waals surface area contributed by atoms with Crippen molar-refractivity contribution >= 4 is 17.8 Å². The maximum atomic E-state index is 14.3. The molecule has 9 unspecified atom stereocenters. The van der Waals surface area contributed by atoms with E-state index in [2.05, 4.69) is 10.6 Å². The normalized spacial score (nSPS) is 45.5. The summed E-state index contributed by atoms with van der Waals surface area (Å²) in [6.45, 7) is 19.2. The van der Waals surface area contributed by atoms with Gasteiger partial charge in [0.15, 0.2) is 12.6 Å². The van der Waals surface area contributed by atoms with E-state index in [0.29, 0.717) is 6.42 Å². The van der Waals surface area contributed by atoms with Gasteiger partial charge in [-0.2, -0.15) is 0 Å². The van der Waals surface area contributed by atoms with Gasteiger partial charge in [0.1, 0.15) is 23.9 Å². The van der Waals surface area contributed by atoms with Gasteiger partial charge in [-0.1, -0.05) is 34.6 Å². The quantitative estimate of drug-likeness (QED) is 0.0973. The summed E-state index contributed by atoms with van der Waals surface area (Å²) in [5, 5.41) is 74.0. The Hall–Kier alpha value is -2.03. The number of aliphatic hydroxyl groups excluding tert-OH is 3. The lowest BCUT2D eigenvalue weighted by molar-refractivity contribution is -0.318. The Kier molecular flexibility index (Phi) is 18.6. The Bertz CT molecular complexity index is 1370. The zero-order valence-electron chi connectivity index (χ0n) is 37.3. The van der Waals surface area contributed by atoms with Gasteiger partial charge in [-0.3, -0.25) is 14.4 Å². The molecule has 8 N–H and O–H groups in total. The number of rotatable bonds is 13. The van der Waals surface area contributed by atoms with Gasteiger partial charge in [0.05, 0.1) is 54.1 Å². The van der Waals surface area contributed by atoms with Crippen LogP contribution in [0.4, 0.5) is 0 Å². The molecule has 3 aliphatic rings. The van der Waals surface area contributed by atoms with Crippen LogP contribution in [0.3, 0.4) is 0 Å². The summed E-state index contributed by atoms with van der Waals surface area (Å²) in [6.07, 6.45) is -9.70. The molecular weight excluding hydrogens is 772 g/mol. The number of hydrogen-bond donors (Lipinski definition) is 8. The van der Waals surface area contributed by atoms with Crippen molar-refractivity contribution in [2.75, 3.05) is 20.2 Å². The number of carboxylic acid groups (broad SMARTS) is 1. The molecule has 0 aliphatic carbocycles. The first-order chi connectivity index (χ1) is 27.3. The Balaban J connectivity index is 2.14. The van der Waals surface area contributed by atoms with E-state index >= 15 is 0 Å². The Labute approximate surface area is 350 Å². The molecule has 0 saturated carbocycles. The molecule has 3 heterocycles. The van der Waals surface area contributed by atoms with E-state index in [1.807, 2.05) is 20.8 Å². The number of esters is 1. The van der Waals surface area contributed by atoms with Crippen LogP contribution in [0, 0.1) is 29.6 Å². The van der Waals surface area contributed by atoms with Gasteiger partial charge in [0, 0.05) is 50.9 Å². The third kappa shape index (κ3) is 12.8. The van der Waals surface area contributed by atoms with E-state index in [4.69, 9.17) is 33.5 Å². The van der Waals surface area contributed by atoms with Crippen LogP contribution in [0.15, 0.2) is 0 Å². The lowest BCUT2D eigenvalue weighted by Crippen LogP contribution is -2.61. The second-order valence-corrected chi connectivity index (χ2v) is 18.4. The number of carbonyl (C=O) groups is 3. The molecule has 19 atom stereocenters. The smallest absolute Gasteiger partial charge is 0.311 e. The molecule has 17 nitrogen and oxygen atoms in total. The van der Waals surface area contributed by atoms with Crippen molar-refractivity contribution < 1.29 is 73.4 Å². The summed E-state index contributed by atoms with van der Waals surface area (Å²) in [4.78, 5) is 37.5. The van der Waals surface area contributed by atoms with E-state index in [-0.39, 0.29) is 57.2 Å². The van der Waals surface area contributed by atoms with Crippen molar-refractivity contribution in [2.24, 2.45) is 29.6 Å². The monoisotopic (exact) mass is 849 g/mol. The van der Waals surface area contributed by atoms with Crippen LogP contribution < -0.4 is 10.6 Å². The highest BCUT2D eigenvalue weighted by Gasteiger charge is 2.53. The molecule has 0 radical (unpaired) electrons. The number of hydrogen-bond acceptors (Lipinski definition) is 15. The number of carboxylic acids is 1. The predicted molar refractivity (Wildman–Crippen MR) is 215 cm³/mol. The van der Waals surface area contributed by atoms with Crippen LogP contribution in [0.25, 0.3) is 0 Å². The zero-order chi connectivity index (χ0) is 44.8. The Morgan fingerprint density at radius 1 is 0.864 bits per heavy atom. The fourth-order valence-electron chi connectivity index (χ4n) is 9.50. The molecule has 344 valence electrons. The maximum absolute atomic E-state index is 14.3. The van der Waals surface area contributed by atoms with Crippen LogP contribution in [-0.2, 0) is 42.8 Å². The van der Waals surface area contributed by atoms with E-state index in [1.165, 1.54) is 14.0 Å². The fraction of sp³-hybridized carbons (Fsp3) is 0.929. The highest BCUT2D eigenvalue weighted by Crippen LogP contribution is 2.41. The van der Waals surface area contributed by atoms with E-state index in [9.17, 15) is 39.9 Å². The lowest BCUT2D eigenvalue weighted by atomic mass is 9.72. The molecule has 1 amide bonds. The fourth-order valence-corrected chi connectivity index (χ4v) is 9.50. The van der Waals surface area contributed by atoms with Crippen LogP contribution >= 0.6 is 0 Å². The minimum Gasteiger partial charge on any atom is -0.481 e. The van der Waals surface area contributed by atoms with Crippen LogP contribution in [-0.4, -0.2) is 153 Å². The number of ether oxygens (including phenoxy) is 6. The Morgan fingerprint density at radius 3 is 2.10 bits per heavy atom. The van der Waals surface area contributed by atoms with Crippen molar-refractivity contribution in [1.29, 1.82) is 0 Å². The van der Waals surface area contributed by atoms with Crippen LogP contribution in [0.2, 0.25) is 0 Å². The molecule has 3 rings (SSSR count). The first-order valence-electron chi connectivity index (χ1n) is 21.4. The van der Waals surface area contributed by atoms with Crippen molar-refractivity contribution in [1.82, 2.24) is 10.6 Å². The summed E-state index contributed by atoms with van der Waals surface area (Å²) in [6, 6.07) is -0.621. The largest absolute Gasteiger partial charge is 0.481 e. The molecule has 59 heavy (non-hydrogen) atoms. The molecule has 3 fully saturated rings. The molecule has 0 spiro atoms. The van der Waals surface area contributed by atoms with Gasteiger partial charge < -0.3 is 69.7 Å². The highest BCUT2D eigenvalue weighted by atomic mass is 16.7. The van der Waals surface area contributed by atoms with Gasteiger partial charge in [-0.05, 0) is 72.6 Å². The summed E-state index contributed by atoms with van der Waals surface area (Å²) < 4.78 is 37.5. The molecular formula is C42H76N2O15. The van der Waals surface area contributed by atoms with E-state index in [1.54, 1.807) is 48.5 Å². The number of carbonyl (C=O) groups excluding carboxylic acids is 2. The summed E-state index contributed by atoms with van der Waals surface area (Å²) in [7, 11) is 1.48. The average molecular weight is 849 g/mol. The minimum atomic E-state index is -1.95. The van der Waals surface area contributed by atoms with E-state index < -0.39 is 120 Å². The number of amides is 1.